The SMILES string of the molecule is CCOC(=O)C1CC(Oc2cc(NC(C(=O)N3CCc4cc(F)c(OC(F)(F)F)cc43)c3ccc(Cl)cc3)cc(OC)c2)C1. The molecule has 8 nitrogen and oxygen atoms in total. The maximum absolute atomic E-state index is 14.4. The van der Waals surface area contributed by atoms with E-state index in [1.54, 1.807) is 49.4 Å². The molecule has 1 saturated carbocycles. The van der Waals surface area contributed by atoms with Crippen molar-refractivity contribution in [1.29, 1.82) is 0 Å². The Balaban J connectivity index is 1.41. The first-order valence-corrected chi connectivity index (χ1v) is 14.3. The molecule has 1 aliphatic carbocycles. The molecule has 3 aromatic rings. The monoisotopic (exact) mass is 636 g/mol. The van der Waals surface area contributed by atoms with Crippen LogP contribution >= 0.6 is 11.6 Å². The van der Waals surface area contributed by atoms with E-state index in [1.165, 1.54) is 12.0 Å². The van der Waals surface area contributed by atoms with Gasteiger partial charge in [0, 0.05) is 41.5 Å². The van der Waals surface area contributed by atoms with Crippen LogP contribution < -0.4 is 24.4 Å². The van der Waals surface area contributed by atoms with Gasteiger partial charge < -0.3 is 29.2 Å². The molecule has 1 unspecified atom stereocenters. The van der Waals surface area contributed by atoms with Gasteiger partial charge in [0.05, 0.1) is 25.3 Å². The summed E-state index contributed by atoms with van der Waals surface area (Å²) in [4.78, 5) is 27.3. The largest absolute Gasteiger partial charge is 0.573 e. The quantitative estimate of drug-likeness (QED) is 0.192. The van der Waals surface area contributed by atoms with Gasteiger partial charge in [-0.15, -0.1) is 13.2 Å². The Morgan fingerprint density at radius 2 is 1.77 bits per heavy atom. The highest BCUT2D eigenvalue weighted by atomic mass is 35.5. The molecule has 1 aliphatic heterocycles. The zero-order valence-electron chi connectivity index (χ0n) is 23.8. The van der Waals surface area contributed by atoms with Gasteiger partial charge in [0.15, 0.2) is 11.6 Å². The van der Waals surface area contributed by atoms with E-state index in [9.17, 15) is 27.2 Å². The summed E-state index contributed by atoms with van der Waals surface area (Å²) in [6, 6.07) is 12.3. The van der Waals surface area contributed by atoms with Crippen LogP contribution in [0.4, 0.5) is 28.9 Å². The number of fused-ring (bicyclic) bond motifs is 1. The summed E-state index contributed by atoms with van der Waals surface area (Å²) >= 11 is 6.09. The lowest BCUT2D eigenvalue weighted by atomic mass is 9.82. The van der Waals surface area contributed by atoms with E-state index in [2.05, 4.69) is 10.1 Å². The highest BCUT2D eigenvalue weighted by Gasteiger charge is 2.38. The van der Waals surface area contributed by atoms with Gasteiger partial charge in [-0.05, 0) is 55.5 Å². The summed E-state index contributed by atoms with van der Waals surface area (Å²) in [5, 5.41) is 3.64. The lowest BCUT2D eigenvalue weighted by molar-refractivity contribution is -0.275. The molecule has 0 spiro atoms. The number of ether oxygens (including phenoxy) is 4. The normalized spacial score (nSPS) is 18.1. The highest BCUT2D eigenvalue weighted by molar-refractivity contribution is 6.30. The predicted octanol–water partition coefficient (Wildman–Crippen LogP) is 6.85. The Hall–Kier alpha value is -4.19. The Kier molecular flexibility index (Phi) is 9.10. The summed E-state index contributed by atoms with van der Waals surface area (Å²) in [7, 11) is 1.48. The van der Waals surface area contributed by atoms with Crippen LogP contribution in [0.5, 0.6) is 17.2 Å². The second-order valence-electron chi connectivity index (χ2n) is 10.4. The molecule has 2 aliphatic rings. The molecule has 1 heterocycles. The third kappa shape index (κ3) is 7.12. The molecule has 0 saturated heterocycles. The lowest BCUT2D eigenvalue weighted by Gasteiger charge is -2.33. The van der Waals surface area contributed by atoms with E-state index in [0.29, 0.717) is 52.8 Å². The Morgan fingerprint density at radius 3 is 2.43 bits per heavy atom. The summed E-state index contributed by atoms with van der Waals surface area (Å²) in [6.45, 7) is 2.17. The topological polar surface area (TPSA) is 86.3 Å². The first kappa shape index (κ1) is 31.2. The van der Waals surface area contributed by atoms with Crippen LogP contribution in [0.25, 0.3) is 0 Å². The van der Waals surface area contributed by atoms with E-state index in [1.807, 2.05) is 0 Å². The van der Waals surface area contributed by atoms with Gasteiger partial charge in [0.25, 0.3) is 5.91 Å². The van der Waals surface area contributed by atoms with Crippen molar-refractivity contribution in [3.63, 3.8) is 0 Å². The van der Waals surface area contributed by atoms with Crippen LogP contribution in [-0.2, 0) is 20.7 Å². The van der Waals surface area contributed by atoms with Crippen molar-refractivity contribution in [2.75, 3.05) is 30.5 Å². The minimum absolute atomic E-state index is 0.116. The minimum Gasteiger partial charge on any atom is -0.497 e. The van der Waals surface area contributed by atoms with Crippen LogP contribution in [0.1, 0.15) is 36.9 Å². The van der Waals surface area contributed by atoms with Crippen molar-refractivity contribution in [3.8, 4) is 17.2 Å². The fourth-order valence-corrected chi connectivity index (χ4v) is 5.36. The average Bonchev–Trinajstić information content (AvgIpc) is 3.35. The van der Waals surface area contributed by atoms with Gasteiger partial charge in [-0.3, -0.25) is 9.59 Å². The number of hydrogen-bond donors (Lipinski definition) is 1. The van der Waals surface area contributed by atoms with Crippen LogP contribution in [0.2, 0.25) is 5.02 Å². The fourth-order valence-electron chi connectivity index (χ4n) is 5.23. The van der Waals surface area contributed by atoms with Gasteiger partial charge in [0.1, 0.15) is 23.6 Å². The third-order valence-electron chi connectivity index (χ3n) is 7.41. The molecule has 0 aromatic heterocycles. The average molecular weight is 637 g/mol. The van der Waals surface area contributed by atoms with E-state index < -0.39 is 29.9 Å². The fraction of sp³-hybridized carbons (Fsp3) is 0.355. The maximum atomic E-state index is 14.4. The first-order chi connectivity index (χ1) is 20.9. The number of rotatable bonds is 10. The molecule has 13 heteroatoms. The number of carbonyl (C=O) groups is 2. The molecule has 1 amide bonds. The molecule has 1 atom stereocenters. The van der Waals surface area contributed by atoms with Gasteiger partial charge in [-0.2, -0.15) is 0 Å². The second kappa shape index (κ2) is 12.8. The zero-order chi connectivity index (χ0) is 31.6. The molecule has 5 rings (SSSR count). The Morgan fingerprint density at radius 1 is 1.07 bits per heavy atom. The predicted molar refractivity (Wildman–Crippen MR) is 154 cm³/mol. The summed E-state index contributed by atoms with van der Waals surface area (Å²) in [5.74, 6) is -2.31. The molecule has 3 aromatic carbocycles. The van der Waals surface area contributed by atoms with E-state index in [4.69, 9.17) is 25.8 Å². The third-order valence-corrected chi connectivity index (χ3v) is 7.67. The first-order valence-electron chi connectivity index (χ1n) is 13.9. The molecular weight excluding hydrogens is 608 g/mol. The van der Waals surface area contributed by atoms with Gasteiger partial charge in [-0.25, -0.2) is 4.39 Å². The van der Waals surface area contributed by atoms with Crippen molar-refractivity contribution < 1.29 is 46.1 Å². The zero-order valence-corrected chi connectivity index (χ0v) is 24.5. The number of alkyl halides is 3. The number of anilines is 2. The number of nitrogens with one attached hydrogen (secondary N) is 1. The van der Waals surface area contributed by atoms with Crippen molar-refractivity contribution in [1.82, 2.24) is 0 Å². The number of halogens is 5. The smallest absolute Gasteiger partial charge is 0.497 e. The number of carbonyl (C=O) groups excluding carboxylic acids is 2. The second-order valence-corrected chi connectivity index (χ2v) is 10.8. The molecule has 0 radical (unpaired) electrons. The summed E-state index contributed by atoms with van der Waals surface area (Å²) in [6.07, 6.45) is -4.09. The molecule has 234 valence electrons. The lowest BCUT2D eigenvalue weighted by Crippen LogP contribution is -2.39. The maximum Gasteiger partial charge on any atom is 0.573 e. The van der Waals surface area contributed by atoms with Crippen molar-refractivity contribution in [3.05, 3.63) is 76.6 Å². The molecular formula is C31H29ClF4N2O6. The number of methoxy groups -OCH3 is 1. The molecule has 1 fully saturated rings. The number of amides is 1. The minimum atomic E-state index is -5.11. The summed E-state index contributed by atoms with van der Waals surface area (Å²) in [5.41, 5.74) is 1.46. The molecule has 44 heavy (non-hydrogen) atoms. The number of nitrogens with zero attached hydrogens (tertiary/aromatic N) is 1. The number of benzene rings is 3. The number of hydrogen-bond acceptors (Lipinski definition) is 7. The Labute approximate surface area is 255 Å². The van der Waals surface area contributed by atoms with Crippen LogP contribution in [-0.4, -0.2) is 44.6 Å². The molecule has 0 bridgehead atoms. The van der Waals surface area contributed by atoms with Crippen molar-refractivity contribution in [2.24, 2.45) is 5.92 Å². The Bertz CT molecular complexity index is 1530. The van der Waals surface area contributed by atoms with Crippen molar-refractivity contribution in [2.45, 2.75) is 44.7 Å². The van der Waals surface area contributed by atoms with Crippen molar-refractivity contribution >= 4 is 34.9 Å². The van der Waals surface area contributed by atoms with Crippen LogP contribution in [0.3, 0.4) is 0 Å². The van der Waals surface area contributed by atoms with E-state index >= 15 is 0 Å². The van der Waals surface area contributed by atoms with Gasteiger partial charge in [0.2, 0.25) is 0 Å². The number of esters is 1. The standard InChI is InChI=1S/C31H29ClF4N2O6/c1-3-42-30(40)19-10-23(11-19)43-24-14-21(13-22(15-24)41-2)37-28(17-4-6-20(32)7-5-17)29(39)38-9-8-18-12-25(33)27(16-26(18)38)44-31(34,35)36/h4-7,12-16,19,23,28,37H,3,8-11H2,1-2H3. The van der Waals surface area contributed by atoms with E-state index in [0.717, 1.165) is 12.1 Å². The van der Waals surface area contributed by atoms with E-state index in [-0.39, 0.29) is 36.6 Å². The van der Waals surface area contributed by atoms with Gasteiger partial charge >= 0.3 is 12.3 Å². The molecule has 1 N–H and O–H groups in total. The highest BCUT2D eigenvalue weighted by Crippen LogP contribution is 2.39. The summed E-state index contributed by atoms with van der Waals surface area (Å²) < 4.78 is 73.6. The van der Waals surface area contributed by atoms with Crippen LogP contribution in [0.15, 0.2) is 54.6 Å². The van der Waals surface area contributed by atoms with Crippen LogP contribution in [0, 0.1) is 11.7 Å². The van der Waals surface area contributed by atoms with Gasteiger partial charge in [-0.1, -0.05) is 23.7 Å².